The molecule has 0 amide bonds. The molecular formula is C12H19N3O. The standard InChI is InChI=1S/C12H19N3O/c1-10-9-15(5-6-16-10)12-8-14-4-3-11(12)7-13-2/h3-4,8,10,13H,5-7,9H2,1-2H3. The lowest BCUT2D eigenvalue weighted by molar-refractivity contribution is 0.0531. The third kappa shape index (κ3) is 2.51. The van der Waals surface area contributed by atoms with E-state index in [1.54, 1.807) is 0 Å². The van der Waals surface area contributed by atoms with Gasteiger partial charge in [-0.1, -0.05) is 0 Å². The van der Waals surface area contributed by atoms with Crippen molar-refractivity contribution in [2.45, 2.75) is 19.6 Å². The Balaban J connectivity index is 2.17. The van der Waals surface area contributed by atoms with Gasteiger partial charge in [0.25, 0.3) is 0 Å². The number of aromatic nitrogens is 1. The fourth-order valence-corrected chi connectivity index (χ4v) is 2.08. The molecule has 1 N–H and O–H groups in total. The van der Waals surface area contributed by atoms with Gasteiger partial charge in [-0.3, -0.25) is 4.98 Å². The van der Waals surface area contributed by atoms with E-state index in [1.165, 1.54) is 11.3 Å². The molecule has 1 saturated heterocycles. The average Bonchev–Trinajstić information content (AvgIpc) is 2.30. The first-order valence-corrected chi connectivity index (χ1v) is 5.75. The highest BCUT2D eigenvalue weighted by atomic mass is 16.5. The molecule has 0 aliphatic carbocycles. The number of pyridine rings is 1. The van der Waals surface area contributed by atoms with Gasteiger partial charge in [-0.2, -0.15) is 0 Å². The Hall–Kier alpha value is -1.13. The van der Waals surface area contributed by atoms with E-state index >= 15 is 0 Å². The van der Waals surface area contributed by atoms with Crippen molar-refractivity contribution >= 4 is 5.69 Å². The van der Waals surface area contributed by atoms with E-state index in [9.17, 15) is 0 Å². The third-order valence-corrected chi connectivity index (χ3v) is 2.84. The highest BCUT2D eigenvalue weighted by Crippen LogP contribution is 2.21. The maximum atomic E-state index is 5.55. The number of ether oxygens (including phenoxy) is 1. The van der Waals surface area contributed by atoms with E-state index in [0.29, 0.717) is 6.10 Å². The van der Waals surface area contributed by atoms with Gasteiger partial charge in [0.15, 0.2) is 0 Å². The number of nitrogens with one attached hydrogen (secondary N) is 1. The second-order valence-corrected chi connectivity index (χ2v) is 4.16. The Morgan fingerprint density at radius 3 is 3.25 bits per heavy atom. The first-order valence-electron chi connectivity index (χ1n) is 5.75. The van der Waals surface area contributed by atoms with E-state index < -0.39 is 0 Å². The Morgan fingerprint density at radius 2 is 2.50 bits per heavy atom. The summed E-state index contributed by atoms with van der Waals surface area (Å²) in [5, 5.41) is 3.19. The highest BCUT2D eigenvalue weighted by Gasteiger charge is 2.18. The summed E-state index contributed by atoms with van der Waals surface area (Å²) < 4.78 is 5.55. The molecule has 1 aliphatic heterocycles. The number of hydrogen-bond acceptors (Lipinski definition) is 4. The fourth-order valence-electron chi connectivity index (χ4n) is 2.08. The molecule has 1 aliphatic rings. The van der Waals surface area contributed by atoms with E-state index in [4.69, 9.17) is 4.74 Å². The predicted octanol–water partition coefficient (Wildman–Crippen LogP) is 1.03. The van der Waals surface area contributed by atoms with Crippen LogP contribution >= 0.6 is 0 Å². The van der Waals surface area contributed by atoms with Crippen molar-refractivity contribution in [2.75, 3.05) is 31.6 Å². The largest absolute Gasteiger partial charge is 0.375 e. The third-order valence-electron chi connectivity index (χ3n) is 2.84. The molecule has 1 fully saturated rings. The van der Waals surface area contributed by atoms with Gasteiger partial charge in [-0.15, -0.1) is 0 Å². The van der Waals surface area contributed by atoms with Crippen LogP contribution in [-0.2, 0) is 11.3 Å². The topological polar surface area (TPSA) is 37.4 Å². The second kappa shape index (κ2) is 5.27. The van der Waals surface area contributed by atoms with E-state index in [1.807, 2.05) is 19.4 Å². The summed E-state index contributed by atoms with van der Waals surface area (Å²) >= 11 is 0. The second-order valence-electron chi connectivity index (χ2n) is 4.16. The van der Waals surface area contributed by atoms with Gasteiger partial charge >= 0.3 is 0 Å². The van der Waals surface area contributed by atoms with Crippen molar-refractivity contribution < 1.29 is 4.74 Å². The van der Waals surface area contributed by atoms with Gasteiger partial charge in [0.1, 0.15) is 0 Å². The lowest BCUT2D eigenvalue weighted by Gasteiger charge is -2.33. The summed E-state index contributed by atoms with van der Waals surface area (Å²) in [5.41, 5.74) is 2.53. The van der Waals surface area contributed by atoms with E-state index in [-0.39, 0.29) is 0 Å². The van der Waals surface area contributed by atoms with Crippen LogP contribution < -0.4 is 10.2 Å². The molecule has 88 valence electrons. The minimum absolute atomic E-state index is 0.302. The summed E-state index contributed by atoms with van der Waals surface area (Å²) in [7, 11) is 1.96. The van der Waals surface area contributed by atoms with Crippen LogP contribution in [0.3, 0.4) is 0 Å². The molecule has 0 aromatic carbocycles. The lowest BCUT2D eigenvalue weighted by atomic mass is 10.2. The molecule has 1 aromatic heterocycles. The maximum absolute atomic E-state index is 5.55. The Morgan fingerprint density at radius 1 is 1.62 bits per heavy atom. The van der Waals surface area contributed by atoms with Crippen molar-refractivity contribution in [3.63, 3.8) is 0 Å². The Kier molecular flexibility index (Phi) is 3.74. The van der Waals surface area contributed by atoms with Crippen LogP contribution in [0.5, 0.6) is 0 Å². The van der Waals surface area contributed by atoms with E-state index in [0.717, 1.165) is 26.2 Å². The number of nitrogens with zero attached hydrogens (tertiary/aromatic N) is 2. The van der Waals surface area contributed by atoms with Gasteiger partial charge < -0.3 is 15.0 Å². The van der Waals surface area contributed by atoms with Crippen molar-refractivity contribution in [1.82, 2.24) is 10.3 Å². The molecule has 0 bridgehead atoms. The number of rotatable bonds is 3. The average molecular weight is 221 g/mol. The minimum Gasteiger partial charge on any atom is -0.375 e. The van der Waals surface area contributed by atoms with Crippen molar-refractivity contribution in [3.8, 4) is 0 Å². The van der Waals surface area contributed by atoms with Crippen LogP contribution in [0.25, 0.3) is 0 Å². The number of hydrogen-bond donors (Lipinski definition) is 1. The van der Waals surface area contributed by atoms with Crippen LogP contribution in [0.1, 0.15) is 12.5 Å². The number of morpholine rings is 1. The molecule has 0 radical (unpaired) electrons. The summed E-state index contributed by atoms with van der Waals surface area (Å²) in [6, 6.07) is 2.08. The van der Waals surface area contributed by atoms with Crippen LogP contribution in [0, 0.1) is 0 Å². The molecular weight excluding hydrogens is 202 g/mol. The Labute approximate surface area is 96.6 Å². The monoisotopic (exact) mass is 221 g/mol. The van der Waals surface area contributed by atoms with Crippen LogP contribution in [0.2, 0.25) is 0 Å². The van der Waals surface area contributed by atoms with Gasteiger partial charge in [0.2, 0.25) is 0 Å². The molecule has 2 heterocycles. The molecule has 1 atom stereocenters. The first-order chi connectivity index (χ1) is 7.81. The van der Waals surface area contributed by atoms with Gasteiger partial charge in [-0.05, 0) is 25.6 Å². The quantitative estimate of drug-likeness (QED) is 0.827. The van der Waals surface area contributed by atoms with Gasteiger partial charge in [0.05, 0.1) is 24.6 Å². The molecule has 1 aromatic rings. The summed E-state index contributed by atoms with van der Waals surface area (Å²) in [4.78, 5) is 6.57. The van der Waals surface area contributed by atoms with Crippen LogP contribution in [0.15, 0.2) is 18.5 Å². The summed E-state index contributed by atoms with van der Waals surface area (Å²) in [6.45, 7) is 5.69. The van der Waals surface area contributed by atoms with Crippen molar-refractivity contribution in [2.24, 2.45) is 0 Å². The zero-order valence-electron chi connectivity index (χ0n) is 9.94. The Bertz CT molecular complexity index is 343. The SMILES string of the molecule is CNCc1ccncc1N1CCOC(C)C1. The molecule has 1 unspecified atom stereocenters. The smallest absolute Gasteiger partial charge is 0.0722 e. The van der Waals surface area contributed by atoms with Gasteiger partial charge in [0, 0.05) is 25.8 Å². The van der Waals surface area contributed by atoms with Gasteiger partial charge in [-0.25, -0.2) is 0 Å². The zero-order chi connectivity index (χ0) is 11.4. The van der Waals surface area contributed by atoms with Crippen molar-refractivity contribution in [3.05, 3.63) is 24.0 Å². The molecule has 4 nitrogen and oxygen atoms in total. The fraction of sp³-hybridized carbons (Fsp3) is 0.583. The van der Waals surface area contributed by atoms with Crippen LogP contribution in [0.4, 0.5) is 5.69 Å². The number of anilines is 1. The van der Waals surface area contributed by atoms with Crippen molar-refractivity contribution in [1.29, 1.82) is 0 Å². The lowest BCUT2D eigenvalue weighted by Crippen LogP contribution is -2.41. The normalized spacial score (nSPS) is 21.1. The minimum atomic E-state index is 0.302. The highest BCUT2D eigenvalue weighted by molar-refractivity contribution is 5.52. The maximum Gasteiger partial charge on any atom is 0.0722 e. The summed E-state index contributed by atoms with van der Waals surface area (Å²) in [5.74, 6) is 0. The molecule has 0 spiro atoms. The summed E-state index contributed by atoms with van der Waals surface area (Å²) in [6.07, 6.45) is 4.10. The zero-order valence-corrected chi connectivity index (χ0v) is 9.94. The molecule has 0 saturated carbocycles. The van der Waals surface area contributed by atoms with E-state index in [2.05, 4.69) is 28.2 Å². The molecule has 2 rings (SSSR count). The van der Waals surface area contributed by atoms with Crippen LogP contribution in [-0.4, -0.2) is 37.8 Å². The molecule has 4 heteroatoms. The predicted molar refractivity (Wildman–Crippen MR) is 64.6 cm³/mol. The molecule has 16 heavy (non-hydrogen) atoms. The first kappa shape index (κ1) is 11.4.